The van der Waals surface area contributed by atoms with Crippen molar-refractivity contribution in [1.82, 2.24) is 20.4 Å². The van der Waals surface area contributed by atoms with Crippen LogP contribution in [-0.4, -0.2) is 57.1 Å². The maximum atomic E-state index is 11.1. The summed E-state index contributed by atoms with van der Waals surface area (Å²) in [5, 5.41) is 25.4. The smallest absolute Gasteiger partial charge is 0.259 e. The molecule has 2 aromatic heterocycles. The number of aliphatic hydroxyl groups excluding tert-OH is 2. The Kier molecular flexibility index (Phi) is 8.72. The molecule has 3 rings (SSSR count). The second kappa shape index (κ2) is 11.7. The highest BCUT2D eigenvalue weighted by atomic mass is 16.5. The van der Waals surface area contributed by atoms with E-state index in [-0.39, 0.29) is 13.2 Å². The van der Waals surface area contributed by atoms with Crippen molar-refractivity contribution >= 4 is 5.91 Å². The van der Waals surface area contributed by atoms with Gasteiger partial charge in [-0.05, 0) is 61.1 Å². The van der Waals surface area contributed by atoms with E-state index in [2.05, 4.69) is 40.4 Å². The molecule has 9 nitrogen and oxygen atoms in total. The predicted molar refractivity (Wildman–Crippen MR) is 127 cm³/mol. The molecule has 0 aliphatic carbocycles. The fraction of sp³-hybridized carbons (Fsp3) is 0.440. The van der Waals surface area contributed by atoms with Gasteiger partial charge in [-0.15, -0.1) is 0 Å². The highest BCUT2D eigenvalue weighted by Gasteiger charge is 2.17. The molecule has 3 aromatic rings. The number of aliphatic hydroxyl groups is 2. The first-order valence-corrected chi connectivity index (χ1v) is 11.5. The normalized spacial score (nSPS) is 11.9. The molecule has 0 saturated carbocycles. The summed E-state index contributed by atoms with van der Waals surface area (Å²) in [6.45, 7) is 7.50. The van der Waals surface area contributed by atoms with Gasteiger partial charge >= 0.3 is 0 Å². The molecule has 0 radical (unpaired) electrons. The maximum Gasteiger partial charge on any atom is 0.259 e. The number of nitrogens with zero attached hydrogens (tertiary/aromatic N) is 3. The van der Waals surface area contributed by atoms with Crippen LogP contribution < -0.4 is 10.1 Å². The van der Waals surface area contributed by atoms with Crippen molar-refractivity contribution in [3.05, 3.63) is 46.8 Å². The number of rotatable bonds is 11. The van der Waals surface area contributed by atoms with Gasteiger partial charge in [0.25, 0.3) is 5.89 Å². The summed E-state index contributed by atoms with van der Waals surface area (Å²) in [7, 11) is 0. The van der Waals surface area contributed by atoms with Crippen LogP contribution in [0.25, 0.3) is 22.8 Å². The third-order valence-corrected chi connectivity index (χ3v) is 5.54. The van der Waals surface area contributed by atoms with Gasteiger partial charge in [0.15, 0.2) is 0 Å². The topological polar surface area (TPSA) is 131 Å². The van der Waals surface area contributed by atoms with Gasteiger partial charge in [0.2, 0.25) is 11.7 Å². The Labute approximate surface area is 199 Å². The standard InChI is InChI=1S/C25H32N4O5/c1-5-16-9-19(11-26-21(16)7-3)25-28-24(29-34-25)18-8-15(4)23(17(6-2)10-18)33-14-20(31)12-27-22(32)13-30/h8-11,20,30-31H,5-7,12-14H2,1-4H3,(H,27,32). The lowest BCUT2D eigenvalue weighted by molar-refractivity contribution is -0.124. The number of amides is 1. The molecule has 0 aliphatic rings. The van der Waals surface area contributed by atoms with Crippen molar-refractivity contribution < 1.29 is 24.3 Å². The first kappa shape index (κ1) is 25.3. The summed E-state index contributed by atoms with van der Waals surface area (Å²) in [5.74, 6) is 1.03. The molecule has 1 aromatic carbocycles. The van der Waals surface area contributed by atoms with Gasteiger partial charge < -0.3 is 24.8 Å². The van der Waals surface area contributed by atoms with E-state index >= 15 is 0 Å². The van der Waals surface area contributed by atoms with Crippen LogP contribution in [0.5, 0.6) is 5.75 Å². The predicted octanol–water partition coefficient (Wildman–Crippen LogP) is 2.64. The molecule has 182 valence electrons. The molecule has 1 unspecified atom stereocenters. The summed E-state index contributed by atoms with van der Waals surface area (Å²) < 4.78 is 11.4. The van der Waals surface area contributed by atoms with Crippen molar-refractivity contribution in [2.24, 2.45) is 0 Å². The molecule has 0 fully saturated rings. The number of hydrogen-bond donors (Lipinski definition) is 3. The highest BCUT2D eigenvalue weighted by molar-refractivity contribution is 5.76. The molecule has 0 aliphatic heterocycles. The van der Waals surface area contributed by atoms with Crippen molar-refractivity contribution in [3.63, 3.8) is 0 Å². The summed E-state index contributed by atoms with van der Waals surface area (Å²) in [4.78, 5) is 20.3. The fourth-order valence-corrected chi connectivity index (χ4v) is 3.71. The molecule has 1 amide bonds. The van der Waals surface area contributed by atoms with Crippen molar-refractivity contribution in [2.45, 2.75) is 53.1 Å². The lowest BCUT2D eigenvalue weighted by Gasteiger charge is -2.17. The summed E-state index contributed by atoms with van der Waals surface area (Å²) in [6.07, 6.45) is 3.33. The van der Waals surface area contributed by atoms with E-state index in [1.165, 1.54) is 5.56 Å². The van der Waals surface area contributed by atoms with E-state index in [9.17, 15) is 9.90 Å². The number of aromatic nitrogens is 3. The number of carbonyl (C=O) groups is 1. The van der Waals surface area contributed by atoms with Crippen LogP contribution in [0.15, 0.2) is 28.9 Å². The van der Waals surface area contributed by atoms with Gasteiger partial charge in [-0.1, -0.05) is 25.9 Å². The number of carbonyl (C=O) groups excluding carboxylic acids is 1. The Morgan fingerprint density at radius 3 is 2.53 bits per heavy atom. The molecule has 2 heterocycles. The van der Waals surface area contributed by atoms with Gasteiger partial charge in [0, 0.05) is 24.0 Å². The second-order valence-electron chi connectivity index (χ2n) is 8.02. The lowest BCUT2D eigenvalue weighted by atomic mass is 10.0. The molecular formula is C25H32N4O5. The molecular weight excluding hydrogens is 436 g/mol. The SMILES string of the molecule is CCc1cc(-c2nc(-c3cc(C)c(OCC(O)CNC(=O)CO)c(CC)c3)no2)cnc1CC. The summed E-state index contributed by atoms with van der Waals surface area (Å²) in [5.41, 5.74) is 5.66. The van der Waals surface area contributed by atoms with Gasteiger partial charge in [0.05, 0.1) is 5.56 Å². The third kappa shape index (κ3) is 5.98. The van der Waals surface area contributed by atoms with Gasteiger partial charge in [-0.3, -0.25) is 9.78 Å². The highest BCUT2D eigenvalue weighted by Crippen LogP contribution is 2.31. The minimum absolute atomic E-state index is 0.00252. The Balaban J connectivity index is 1.78. The van der Waals surface area contributed by atoms with Crippen LogP contribution in [0.1, 0.15) is 43.2 Å². The quantitative estimate of drug-likeness (QED) is 0.391. The Bertz CT molecular complexity index is 1130. The van der Waals surface area contributed by atoms with Crippen molar-refractivity contribution in [1.29, 1.82) is 0 Å². The Hall–Kier alpha value is -3.30. The first-order chi connectivity index (χ1) is 16.4. The van der Waals surface area contributed by atoms with Gasteiger partial charge in [-0.2, -0.15) is 4.98 Å². The summed E-state index contributed by atoms with van der Waals surface area (Å²) in [6, 6.07) is 5.92. The lowest BCUT2D eigenvalue weighted by Crippen LogP contribution is -2.36. The number of aryl methyl sites for hydroxylation is 4. The zero-order valence-corrected chi connectivity index (χ0v) is 20.1. The van der Waals surface area contributed by atoms with Crippen LogP contribution in [0.2, 0.25) is 0 Å². The second-order valence-corrected chi connectivity index (χ2v) is 8.02. The summed E-state index contributed by atoms with van der Waals surface area (Å²) >= 11 is 0. The molecule has 0 saturated heterocycles. The minimum Gasteiger partial charge on any atom is -0.490 e. The average Bonchev–Trinajstić information content (AvgIpc) is 3.35. The first-order valence-electron chi connectivity index (χ1n) is 11.5. The van der Waals surface area contributed by atoms with E-state index in [0.29, 0.717) is 23.9 Å². The molecule has 0 bridgehead atoms. The van der Waals surface area contributed by atoms with Gasteiger partial charge in [-0.25, -0.2) is 0 Å². The van der Waals surface area contributed by atoms with Crippen LogP contribution in [-0.2, 0) is 24.1 Å². The van der Waals surface area contributed by atoms with E-state index in [4.69, 9.17) is 14.4 Å². The number of benzene rings is 1. The molecule has 9 heteroatoms. The van der Waals surface area contributed by atoms with Crippen molar-refractivity contribution in [3.8, 4) is 28.6 Å². The van der Waals surface area contributed by atoms with Gasteiger partial charge in [0.1, 0.15) is 25.1 Å². The molecule has 0 spiro atoms. The number of ether oxygens (including phenoxy) is 1. The Morgan fingerprint density at radius 2 is 1.85 bits per heavy atom. The van der Waals surface area contributed by atoms with Crippen molar-refractivity contribution in [2.75, 3.05) is 19.8 Å². The minimum atomic E-state index is -0.903. The molecule has 3 N–H and O–H groups in total. The van der Waals surface area contributed by atoms with E-state index in [0.717, 1.165) is 40.8 Å². The average molecular weight is 469 g/mol. The van der Waals surface area contributed by atoms with E-state index < -0.39 is 18.6 Å². The number of nitrogens with one attached hydrogen (secondary N) is 1. The zero-order chi connectivity index (χ0) is 24.7. The fourth-order valence-electron chi connectivity index (χ4n) is 3.71. The zero-order valence-electron chi connectivity index (χ0n) is 20.1. The largest absolute Gasteiger partial charge is 0.490 e. The monoisotopic (exact) mass is 468 g/mol. The van der Waals surface area contributed by atoms with Crippen LogP contribution in [0.3, 0.4) is 0 Å². The van der Waals surface area contributed by atoms with Crippen LogP contribution >= 0.6 is 0 Å². The third-order valence-electron chi connectivity index (χ3n) is 5.54. The molecule has 1 atom stereocenters. The maximum absolute atomic E-state index is 11.1. The molecule has 34 heavy (non-hydrogen) atoms. The van der Waals surface area contributed by atoms with Crippen LogP contribution in [0.4, 0.5) is 0 Å². The van der Waals surface area contributed by atoms with Crippen LogP contribution in [0, 0.1) is 6.92 Å². The van der Waals surface area contributed by atoms with E-state index in [1.807, 2.05) is 26.0 Å². The number of hydrogen-bond acceptors (Lipinski definition) is 8. The number of pyridine rings is 1. The Morgan fingerprint density at radius 1 is 1.12 bits per heavy atom. The van der Waals surface area contributed by atoms with E-state index in [1.54, 1.807) is 6.20 Å².